The molecule has 0 saturated heterocycles. The van der Waals surface area contributed by atoms with E-state index in [9.17, 15) is 4.79 Å². The Morgan fingerprint density at radius 2 is 2.42 bits per heavy atom. The number of nitrogens with zero attached hydrogens (tertiary/aromatic N) is 1. The van der Waals surface area contributed by atoms with Gasteiger partial charge in [0, 0.05) is 0 Å². The summed E-state index contributed by atoms with van der Waals surface area (Å²) in [7, 11) is 1.42. The molecule has 1 saturated carbocycles. The van der Waals surface area contributed by atoms with Crippen molar-refractivity contribution in [1.82, 2.24) is 0 Å². The van der Waals surface area contributed by atoms with Gasteiger partial charge in [0.15, 0.2) is 6.04 Å². The number of carbonyl (C=O) groups excluding carboxylic acids is 1. The molecule has 1 atom stereocenters. The Morgan fingerprint density at radius 3 is 2.92 bits per heavy atom. The van der Waals surface area contributed by atoms with Crippen LogP contribution < -0.4 is 0 Å². The van der Waals surface area contributed by atoms with Gasteiger partial charge in [-0.25, -0.2) is 4.79 Å². The van der Waals surface area contributed by atoms with Gasteiger partial charge < -0.3 is 4.74 Å². The lowest BCUT2D eigenvalue weighted by atomic mass is 10.2. The van der Waals surface area contributed by atoms with Gasteiger partial charge in [-0.05, 0) is 19.8 Å². The summed E-state index contributed by atoms with van der Waals surface area (Å²) in [5, 5.41) is 1.02. The standard InChI is InChI=1S/C8H11NO2S/c1-5-9-6(7(10)11-2)8(12-5)3-4-8/h6H,3-4H2,1-2H3. The SMILES string of the molecule is COC(=O)C1N=C(C)SC12CC2. The Bertz CT molecular complexity index is 258. The molecule has 0 aromatic carbocycles. The van der Waals surface area contributed by atoms with E-state index in [0.717, 1.165) is 17.9 Å². The van der Waals surface area contributed by atoms with Crippen LogP contribution in [0.2, 0.25) is 0 Å². The molecule has 1 spiro atoms. The van der Waals surface area contributed by atoms with E-state index < -0.39 is 0 Å². The van der Waals surface area contributed by atoms with E-state index in [1.54, 1.807) is 11.8 Å². The van der Waals surface area contributed by atoms with Crippen molar-refractivity contribution in [1.29, 1.82) is 0 Å². The van der Waals surface area contributed by atoms with Crippen LogP contribution in [0.4, 0.5) is 0 Å². The minimum absolute atomic E-state index is 0.0944. The highest BCUT2D eigenvalue weighted by Gasteiger charge is 2.57. The molecule has 66 valence electrons. The second-order valence-electron chi connectivity index (χ2n) is 3.24. The third kappa shape index (κ3) is 1.05. The molecule has 1 fully saturated rings. The molecule has 1 aliphatic heterocycles. The van der Waals surface area contributed by atoms with Gasteiger partial charge in [0.2, 0.25) is 0 Å². The van der Waals surface area contributed by atoms with Gasteiger partial charge in [0.1, 0.15) is 0 Å². The van der Waals surface area contributed by atoms with Crippen LogP contribution >= 0.6 is 11.8 Å². The van der Waals surface area contributed by atoms with Crippen molar-refractivity contribution in [2.45, 2.75) is 30.6 Å². The first-order valence-electron chi connectivity index (χ1n) is 3.99. The third-order valence-electron chi connectivity index (χ3n) is 2.33. The van der Waals surface area contributed by atoms with Gasteiger partial charge >= 0.3 is 5.97 Å². The number of aliphatic imine (C=N–C) groups is 1. The van der Waals surface area contributed by atoms with Crippen molar-refractivity contribution >= 4 is 22.8 Å². The van der Waals surface area contributed by atoms with Crippen LogP contribution in [0.3, 0.4) is 0 Å². The Labute approximate surface area is 75.6 Å². The second-order valence-corrected chi connectivity index (χ2v) is 4.85. The van der Waals surface area contributed by atoms with Crippen LogP contribution in [-0.2, 0) is 9.53 Å². The van der Waals surface area contributed by atoms with Crippen molar-refractivity contribution in [3.05, 3.63) is 0 Å². The topological polar surface area (TPSA) is 38.7 Å². The Morgan fingerprint density at radius 1 is 1.75 bits per heavy atom. The molecular formula is C8H11NO2S. The highest BCUT2D eigenvalue weighted by atomic mass is 32.2. The molecule has 4 heteroatoms. The molecule has 0 N–H and O–H groups in total. The summed E-state index contributed by atoms with van der Waals surface area (Å²) >= 11 is 1.73. The number of rotatable bonds is 1. The summed E-state index contributed by atoms with van der Waals surface area (Å²) in [5.74, 6) is -0.183. The van der Waals surface area contributed by atoms with E-state index in [0.29, 0.717) is 0 Å². The zero-order chi connectivity index (χ0) is 8.77. The predicted octanol–water partition coefficient (Wildman–Crippen LogP) is 1.23. The van der Waals surface area contributed by atoms with Crippen molar-refractivity contribution < 1.29 is 9.53 Å². The highest BCUT2D eigenvalue weighted by Crippen LogP contribution is 2.56. The van der Waals surface area contributed by atoms with Crippen molar-refractivity contribution in [3.8, 4) is 0 Å². The first kappa shape index (κ1) is 8.10. The number of methoxy groups -OCH3 is 1. The molecule has 0 aromatic rings. The first-order valence-corrected chi connectivity index (χ1v) is 4.81. The predicted molar refractivity (Wildman–Crippen MR) is 48.5 cm³/mol. The molecule has 0 bridgehead atoms. The summed E-state index contributed by atoms with van der Waals surface area (Å²) in [6.45, 7) is 1.95. The van der Waals surface area contributed by atoms with Crippen molar-refractivity contribution in [2.75, 3.05) is 7.11 Å². The number of esters is 1. The van der Waals surface area contributed by atoms with E-state index in [1.165, 1.54) is 7.11 Å². The van der Waals surface area contributed by atoms with Gasteiger partial charge in [-0.3, -0.25) is 4.99 Å². The smallest absolute Gasteiger partial charge is 0.332 e. The molecule has 12 heavy (non-hydrogen) atoms. The summed E-state index contributed by atoms with van der Waals surface area (Å²) in [6, 6.07) is -0.229. The molecule has 1 heterocycles. The quantitative estimate of drug-likeness (QED) is 0.577. The Kier molecular flexibility index (Phi) is 1.68. The average molecular weight is 185 g/mol. The number of ether oxygens (including phenoxy) is 1. The zero-order valence-electron chi connectivity index (χ0n) is 7.16. The van der Waals surface area contributed by atoms with Gasteiger partial charge in [0.05, 0.1) is 16.9 Å². The van der Waals surface area contributed by atoms with Crippen LogP contribution in [0.1, 0.15) is 19.8 Å². The molecule has 0 amide bonds. The van der Waals surface area contributed by atoms with E-state index >= 15 is 0 Å². The minimum atomic E-state index is -0.229. The first-order chi connectivity index (χ1) is 5.68. The number of hydrogen-bond acceptors (Lipinski definition) is 4. The molecule has 3 nitrogen and oxygen atoms in total. The van der Waals surface area contributed by atoms with Crippen LogP contribution in [-0.4, -0.2) is 28.9 Å². The largest absolute Gasteiger partial charge is 0.467 e. The summed E-state index contributed by atoms with van der Waals surface area (Å²) in [5.41, 5.74) is 0. The van der Waals surface area contributed by atoms with Crippen molar-refractivity contribution in [3.63, 3.8) is 0 Å². The molecule has 0 radical (unpaired) electrons. The summed E-state index contributed by atoms with van der Waals surface area (Å²) < 4.78 is 4.79. The normalized spacial score (nSPS) is 30.2. The fourth-order valence-electron chi connectivity index (χ4n) is 1.55. The van der Waals surface area contributed by atoms with Gasteiger partial charge in [-0.2, -0.15) is 0 Å². The van der Waals surface area contributed by atoms with Crippen LogP contribution in [0.5, 0.6) is 0 Å². The molecule has 2 rings (SSSR count). The van der Waals surface area contributed by atoms with E-state index in [1.807, 2.05) is 6.92 Å². The molecular weight excluding hydrogens is 174 g/mol. The monoisotopic (exact) mass is 185 g/mol. The van der Waals surface area contributed by atoms with E-state index in [2.05, 4.69) is 4.99 Å². The maximum Gasteiger partial charge on any atom is 0.332 e. The molecule has 0 aromatic heterocycles. The van der Waals surface area contributed by atoms with Gasteiger partial charge in [0.25, 0.3) is 0 Å². The highest BCUT2D eigenvalue weighted by molar-refractivity contribution is 8.15. The van der Waals surface area contributed by atoms with E-state index in [-0.39, 0.29) is 16.8 Å². The van der Waals surface area contributed by atoms with Gasteiger partial charge in [-0.15, -0.1) is 11.8 Å². The lowest BCUT2D eigenvalue weighted by molar-refractivity contribution is -0.142. The maximum atomic E-state index is 11.3. The lowest BCUT2D eigenvalue weighted by Crippen LogP contribution is -2.29. The zero-order valence-corrected chi connectivity index (χ0v) is 7.98. The lowest BCUT2D eigenvalue weighted by Gasteiger charge is -2.11. The number of hydrogen-bond donors (Lipinski definition) is 0. The molecule has 1 unspecified atom stereocenters. The second kappa shape index (κ2) is 2.49. The average Bonchev–Trinajstić information content (AvgIpc) is 2.71. The summed E-state index contributed by atoms with van der Waals surface area (Å²) in [6.07, 6.45) is 2.19. The fraction of sp³-hybridized carbons (Fsp3) is 0.750. The van der Waals surface area contributed by atoms with E-state index in [4.69, 9.17) is 4.74 Å². The Balaban J connectivity index is 2.18. The van der Waals surface area contributed by atoms with Crippen LogP contribution in [0, 0.1) is 0 Å². The van der Waals surface area contributed by atoms with Crippen LogP contribution in [0.25, 0.3) is 0 Å². The maximum absolute atomic E-state index is 11.3. The van der Waals surface area contributed by atoms with Crippen molar-refractivity contribution in [2.24, 2.45) is 4.99 Å². The third-order valence-corrected chi connectivity index (χ3v) is 3.77. The minimum Gasteiger partial charge on any atom is -0.467 e. The van der Waals surface area contributed by atoms with Crippen LogP contribution in [0.15, 0.2) is 4.99 Å². The number of carbonyl (C=O) groups is 1. The summed E-state index contributed by atoms with van der Waals surface area (Å²) in [4.78, 5) is 15.6. The Hall–Kier alpha value is -0.510. The van der Waals surface area contributed by atoms with Gasteiger partial charge in [-0.1, -0.05) is 0 Å². The molecule has 2 aliphatic rings. The molecule has 1 aliphatic carbocycles. The fourth-order valence-corrected chi connectivity index (χ4v) is 2.87. The number of thioether (sulfide) groups is 1.